The summed E-state index contributed by atoms with van der Waals surface area (Å²) >= 11 is 0. The van der Waals surface area contributed by atoms with E-state index in [-0.39, 0.29) is 5.91 Å². The normalized spacial score (nSPS) is 17.0. The second-order valence-electron chi connectivity index (χ2n) is 5.36. The molecule has 0 spiro atoms. The van der Waals surface area contributed by atoms with Gasteiger partial charge in [0, 0.05) is 17.7 Å². The average molecular weight is 319 g/mol. The molecule has 2 rings (SSSR count). The van der Waals surface area contributed by atoms with Crippen LogP contribution in [0.25, 0.3) is 0 Å². The molecule has 124 valence electrons. The summed E-state index contributed by atoms with van der Waals surface area (Å²) < 4.78 is 10.7. The number of allylic oxidation sites excluding steroid dienone is 1. The molecule has 1 atom stereocenters. The van der Waals surface area contributed by atoms with Gasteiger partial charge in [0.2, 0.25) is 0 Å². The third-order valence-electron chi connectivity index (χ3n) is 3.97. The number of carboxylic acid groups (broad SMARTS) is 1. The summed E-state index contributed by atoms with van der Waals surface area (Å²) in [6.07, 6.45) is 3.40. The van der Waals surface area contributed by atoms with Crippen LogP contribution in [0.15, 0.2) is 24.8 Å². The molecule has 23 heavy (non-hydrogen) atoms. The Bertz CT molecular complexity index is 626. The van der Waals surface area contributed by atoms with Gasteiger partial charge in [-0.3, -0.25) is 4.79 Å². The van der Waals surface area contributed by atoms with Crippen LogP contribution in [0, 0.1) is 0 Å². The van der Waals surface area contributed by atoms with E-state index in [1.54, 1.807) is 18.2 Å². The molecule has 6 nitrogen and oxygen atoms in total. The van der Waals surface area contributed by atoms with Crippen LogP contribution < -0.4 is 9.47 Å². The van der Waals surface area contributed by atoms with Crippen LogP contribution in [0.2, 0.25) is 0 Å². The number of carbonyl (C=O) groups excluding carboxylic acids is 1. The molecule has 0 saturated carbocycles. The molecule has 1 aromatic rings. The maximum atomic E-state index is 12.7. The molecule has 1 aliphatic heterocycles. The summed E-state index contributed by atoms with van der Waals surface area (Å²) in [5, 5.41) is 9.25. The van der Waals surface area contributed by atoms with E-state index in [4.69, 9.17) is 9.47 Å². The van der Waals surface area contributed by atoms with E-state index < -0.39 is 12.0 Å². The van der Waals surface area contributed by atoms with Gasteiger partial charge < -0.3 is 19.5 Å². The molecular weight excluding hydrogens is 298 g/mol. The fourth-order valence-corrected chi connectivity index (χ4v) is 2.91. The molecular formula is C17H21NO5. The predicted octanol–water partition coefficient (Wildman–Crippen LogP) is 2.12. The number of hydrogen-bond donors (Lipinski definition) is 1. The van der Waals surface area contributed by atoms with Crippen molar-refractivity contribution in [3.05, 3.63) is 35.9 Å². The lowest BCUT2D eigenvalue weighted by molar-refractivity contribution is -0.141. The van der Waals surface area contributed by atoms with Crippen LogP contribution in [-0.4, -0.2) is 48.7 Å². The predicted molar refractivity (Wildman–Crippen MR) is 85.1 cm³/mol. The third-order valence-corrected chi connectivity index (χ3v) is 3.97. The number of methoxy groups -OCH3 is 2. The second kappa shape index (κ2) is 7.17. The third kappa shape index (κ3) is 3.31. The van der Waals surface area contributed by atoms with Crippen molar-refractivity contribution in [2.75, 3.05) is 20.8 Å². The van der Waals surface area contributed by atoms with E-state index in [9.17, 15) is 14.7 Å². The average Bonchev–Trinajstić information content (AvgIpc) is 3.03. The Kier molecular flexibility index (Phi) is 5.26. The van der Waals surface area contributed by atoms with Crippen LogP contribution in [-0.2, 0) is 11.2 Å². The van der Waals surface area contributed by atoms with E-state index in [0.29, 0.717) is 42.9 Å². The molecule has 1 aromatic carbocycles. The van der Waals surface area contributed by atoms with Crippen LogP contribution in [0.5, 0.6) is 11.5 Å². The zero-order chi connectivity index (χ0) is 17.0. The quantitative estimate of drug-likeness (QED) is 0.813. The molecule has 1 aliphatic rings. The monoisotopic (exact) mass is 319 g/mol. The first kappa shape index (κ1) is 16.9. The highest BCUT2D eigenvalue weighted by Crippen LogP contribution is 2.34. The number of hydrogen-bond acceptors (Lipinski definition) is 4. The van der Waals surface area contributed by atoms with Gasteiger partial charge in [-0.05, 0) is 31.4 Å². The molecule has 0 aliphatic carbocycles. The minimum atomic E-state index is -0.970. The number of carbonyl (C=O) groups is 2. The molecule has 0 unspecified atom stereocenters. The minimum Gasteiger partial charge on any atom is -0.493 e. The van der Waals surface area contributed by atoms with Crippen LogP contribution in [0.3, 0.4) is 0 Å². The molecule has 1 heterocycles. The molecule has 1 N–H and O–H groups in total. The Morgan fingerprint density at radius 2 is 2.13 bits per heavy atom. The largest absolute Gasteiger partial charge is 0.493 e. The number of benzene rings is 1. The van der Waals surface area contributed by atoms with Gasteiger partial charge in [-0.15, -0.1) is 6.58 Å². The zero-order valence-corrected chi connectivity index (χ0v) is 13.4. The number of aliphatic carboxylic acids is 1. The van der Waals surface area contributed by atoms with Gasteiger partial charge in [-0.25, -0.2) is 4.79 Å². The molecule has 1 amide bonds. The van der Waals surface area contributed by atoms with E-state index in [1.165, 1.54) is 19.1 Å². The summed E-state index contributed by atoms with van der Waals surface area (Å²) in [7, 11) is 3.03. The fraction of sp³-hybridized carbons (Fsp3) is 0.412. The smallest absolute Gasteiger partial charge is 0.326 e. The Balaban J connectivity index is 2.42. The summed E-state index contributed by atoms with van der Waals surface area (Å²) in [5.74, 6) is -0.273. The lowest BCUT2D eigenvalue weighted by atomic mass is 10.0. The van der Waals surface area contributed by atoms with Gasteiger partial charge in [-0.1, -0.05) is 6.08 Å². The van der Waals surface area contributed by atoms with Crippen LogP contribution in [0.4, 0.5) is 0 Å². The Morgan fingerprint density at radius 3 is 2.70 bits per heavy atom. The van der Waals surface area contributed by atoms with Crippen molar-refractivity contribution in [3.8, 4) is 11.5 Å². The van der Waals surface area contributed by atoms with Crippen molar-refractivity contribution in [1.29, 1.82) is 0 Å². The van der Waals surface area contributed by atoms with Gasteiger partial charge in [0.1, 0.15) is 6.04 Å². The van der Waals surface area contributed by atoms with Crippen molar-refractivity contribution in [1.82, 2.24) is 4.90 Å². The highest BCUT2D eigenvalue weighted by Gasteiger charge is 2.34. The van der Waals surface area contributed by atoms with E-state index >= 15 is 0 Å². The van der Waals surface area contributed by atoms with E-state index in [2.05, 4.69) is 6.58 Å². The van der Waals surface area contributed by atoms with Crippen molar-refractivity contribution in [3.63, 3.8) is 0 Å². The first-order chi connectivity index (χ1) is 11.0. The molecule has 1 saturated heterocycles. The van der Waals surface area contributed by atoms with Crippen molar-refractivity contribution < 1.29 is 24.2 Å². The highest BCUT2D eigenvalue weighted by molar-refractivity contribution is 5.97. The maximum absolute atomic E-state index is 12.7. The number of amides is 1. The van der Waals surface area contributed by atoms with Gasteiger partial charge in [-0.2, -0.15) is 0 Å². The Morgan fingerprint density at radius 1 is 1.39 bits per heavy atom. The van der Waals surface area contributed by atoms with Crippen molar-refractivity contribution in [2.45, 2.75) is 25.3 Å². The van der Waals surface area contributed by atoms with Gasteiger partial charge in [0.05, 0.1) is 14.2 Å². The molecule has 0 aromatic heterocycles. The summed E-state index contributed by atoms with van der Waals surface area (Å²) in [6.45, 7) is 4.15. The molecule has 6 heteroatoms. The molecule has 1 fully saturated rings. The number of rotatable bonds is 6. The van der Waals surface area contributed by atoms with Crippen molar-refractivity contribution in [2.24, 2.45) is 0 Å². The lowest BCUT2D eigenvalue weighted by Gasteiger charge is -2.22. The summed E-state index contributed by atoms with van der Waals surface area (Å²) in [4.78, 5) is 25.4. The summed E-state index contributed by atoms with van der Waals surface area (Å²) in [6, 6.07) is 2.53. The van der Waals surface area contributed by atoms with Gasteiger partial charge in [0.25, 0.3) is 5.91 Å². The van der Waals surface area contributed by atoms with Gasteiger partial charge in [0.15, 0.2) is 11.5 Å². The Labute approximate surface area is 135 Å². The SMILES string of the molecule is C=CCc1cc(C(=O)N2CCC[C@@H]2C(=O)O)cc(OC)c1OC. The number of carboxylic acids is 1. The van der Waals surface area contributed by atoms with Crippen LogP contribution >= 0.6 is 0 Å². The Hall–Kier alpha value is -2.50. The topological polar surface area (TPSA) is 76.1 Å². The maximum Gasteiger partial charge on any atom is 0.326 e. The van der Waals surface area contributed by atoms with E-state index in [1.807, 2.05) is 0 Å². The zero-order valence-electron chi connectivity index (χ0n) is 13.4. The van der Waals surface area contributed by atoms with Crippen LogP contribution in [0.1, 0.15) is 28.8 Å². The lowest BCUT2D eigenvalue weighted by Crippen LogP contribution is -2.40. The standard InChI is InChI=1S/C17H21NO5/c1-4-6-11-9-12(10-14(22-2)15(11)23-3)16(19)18-8-5-7-13(18)17(20)21/h4,9-10,13H,1,5-8H2,2-3H3,(H,20,21)/t13-/m1/s1. The minimum absolute atomic E-state index is 0.304. The fourth-order valence-electron chi connectivity index (χ4n) is 2.91. The number of ether oxygens (including phenoxy) is 2. The number of likely N-dealkylation sites (tertiary alicyclic amines) is 1. The first-order valence-electron chi connectivity index (χ1n) is 7.43. The first-order valence-corrected chi connectivity index (χ1v) is 7.43. The molecule has 0 bridgehead atoms. The number of nitrogens with zero attached hydrogens (tertiary/aromatic N) is 1. The second-order valence-corrected chi connectivity index (χ2v) is 5.36. The highest BCUT2D eigenvalue weighted by atomic mass is 16.5. The van der Waals surface area contributed by atoms with E-state index in [0.717, 1.165) is 5.56 Å². The summed E-state index contributed by atoms with van der Waals surface area (Å²) in [5.41, 5.74) is 1.17. The molecule has 0 radical (unpaired) electrons. The van der Waals surface area contributed by atoms with Gasteiger partial charge >= 0.3 is 5.97 Å². The van der Waals surface area contributed by atoms with Crippen molar-refractivity contribution >= 4 is 11.9 Å².